The SMILES string of the molecule is N#CC1(C(O)c2cnn(-c3ccccc3)c2)CCCCC1. The van der Waals surface area contributed by atoms with Crippen LogP contribution in [0.15, 0.2) is 42.7 Å². The molecule has 1 aliphatic rings. The first kappa shape index (κ1) is 13.8. The minimum absolute atomic E-state index is 0.650. The van der Waals surface area contributed by atoms with Gasteiger partial charge in [0.15, 0.2) is 0 Å². The predicted octanol–water partition coefficient (Wildman–Crippen LogP) is 3.38. The molecule has 108 valence electrons. The average Bonchev–Trinajstić information content (AvgIpc) is 3.05. The maximum atomic E-state index is 10.7. The molecule has 0 aliphatic heterocycles. The normalized spacial score (nSPS) is 18.9. The molecule has 0 saturated heterocycles. The monoisotopic (exact) mass is 281 g/mol. The highest BCUT2D eigenvalue weighted by atomic mass is 16.3. The molecule has 1 heterocycles. The van der Waals surface area contributed by atoms with E-state index in [-0.39, 0.29) is 0 Å². The van der Waals surface area contributed by atoms with Crippen LogP contribution in [-0.2, 0) is 0 Å². The fourth-order valence-corrected chi connectivity index (χ4v) is 3.15. The molecule has 1 aromatic heterocycles. The lowest BCUT2D eigenvalue weighted by Crippen LogP contribution is -2.29. The number of aliphatic hydroxyl groups is 1. The van der Waals surface area contributed by atoms with Gasteiger partial charge in [0.2, 0.25) is 0 Å². The predicted molar refractivity (Wildman–Crippen MR) is 79.7 cm³/mol. The van der Waals surface area contributed by atoms with Crippen molar-refractivity contribution in [3.8, 4) is 11.8 Å². The van der Waals surface area contributed by atoms with Crippen LogP contribution in [0.25, 0.3) is 5.69 Å². The van der Waals surface area contributed by atoms with Crippen molar-refractivity contribution in [3.63, 3.8) is 0 Å². The number of hydrogen-bond acceptors (Lipinski definition) is 3. The molecule has 1 atom stereocenters. The smallest absolute Gasteiger partial charge is 0.101 e. The zero-order chi connectivity index (χ0) is 14.7. The van der Waals surface area contributed by atoms with Crippen molar-refractivity contribution in [2.45, 2.75) is 38.2 Å². The Balaban J connectivity index is 1.87. The molecule has 1 aliphatic carbocycles. The van der Waals surface area contributed by atoms with Crippen LogP contribution in [0.1, 0.15) is 43.8 Å². The molecule has 3 rings (SSSR count). The van der Waals surface area contributed by atoms with Crippen LogP contribution in [0.2, 0.25) is 0 Å². The van der Waals surface area contributed by atoms with E-state index in [0.29, 0.717) is 0 Å². The van der Waals surface area contributed by atoms with Crippen LogP contribution in [0.4, 0.5) is 0 Å². The zero-order valence-corrected chi connectivity index (χ0v) is 11.9. The van der Waals surface area contributed by atoms with Crippen molar-refractivity contribution in [2.75, 3.05) is 0 Å². The summed E-state index contributed by atoms with van der Waals surface area (Å²) in [5.74, 6) is 0. The van der Waals surface area contributed by atoms with Gasteiger partial charge in [-0.05, 0) is 25.0 Å². The molecule has 1 unspecified atom stereocenters. The lowest BCUT2D eigenvalue weighted by atomic mass is 9.70. The van der Waals surface area contributed by atoms with Crippen LogP contribution in [0.3, 0.4) is 0 Å². The summed E-state index contributed by atoms with van der Waals surface area (Å²) in [6, 6.07) is 12.2. The fourth-order valence-electron chi connectivity index (χ4n) is 3.15. The Morgan fingerprint density at radius 2 is 1.90 bits per heavy atom. The van der Waals surface area contributed by atoms with Gasteiger partial charge in [0.1, 0.15) is 6.10 Å². The van der Waals surface area contributed by atoms with Crippen molar-refractivity contribution < 1.29 is 5.11 Å². The van der Waals surface area contributed by atoms with Crippen LogP contribution < -0.4 is 0 Å². The topological polar surface area (TPSA) is 61.8 Å². The summed E-state index contributed by atoms with van der Waals surface area (Å²) in [6.45, 7) is 0. The first-order valence-corrected chi connectivity index (χ1v) is 7.44. The second kappa shape index (κ2) is 5.71. The number of rotatable bonds is 3. The molecule has 21 heavy (non-hydrogen) atoms. The highest BCUT2D eigenvalue weighted by Gasteiger charge is 2.40. The summed E-state index contributed by atoms with van der Waals surface area (Å²) in [7, 11) is 0. The van der Waals surface area contributed by atoms with Gasteiger partial charge in [0, 0.05) is 11.8 Å². The number of nitrogens with zero attached hydrogens (tertiary/aromatic N) is 3. The van der Waals surface area contributed by atoms with Crippen molar-refractivity contribution in [2.24, 2.45) is 5.41 Å². The maximum Gasteiger partial charge on any atom is 0.101 e. The molecular weight excluding hydrogens is 262 g/mol. The molecule has 0 spiro atoms. The van der Waals surface area contributed by atoms with Gasteiger partial charge in [-0.25, -0.2) is 4.68 Å². The first-order valence-electron chi connectivity index (χ1n) is 7.44. The van der Waals surface area contributed by atoms with E-state index < -0.39 is 11.5 Å². The Bertz CT molecular complexity index is 636. The van der Waals surface area contributed by atoms with E-state index in [2.05, 4.69) is 11.2 Å². The first-order chi connectivity index (χ1) is 10.2. The summed E-state index contributed by atoms with van der Waals surface area (Å²) >= 11 is 0. The Labute approximate surface area is 124 Å². The minimum atomic E-state index is -0.764. The summed E-state index contributed by atoms with van der Waals surface area (Å²) in [4.78, 5) is 0. The Hall–Kier alpha value is -2.12. The molecule has 1 aromatic carbocycles. The maximum absolute atomic E-state index is 10.7. The molecular formula is C17H19N3O. The summed E-state index contributed by atoms with van der Waals surface area (Å²) in [5, 5.41) is 24.6. The summed E-state index contributed by atoms with van der Waals surface area (Å²) in [6.07, 6.45) is 7.44. The van der Waals surface area contributed by atoms with Crippen molar-refractivity contribution in [1.82, 2.24) is 9.78 Å². The van der Waals surface area contributed by atoms with Crippen molar-refractivity contribution >= 4 is 0 Å². The number of aromatic nitrogens is 2. The molecule has 1 fully saturated rings. The van der Waals surface area contributed by atoms with E-state index in [9.17, 15) is 10.4 Å². The van der Waals surface area contributed by atoms with Gasteiger partial charge in [-0.15, -0.1) is 0 Å². The van der Waals surface area contributed by atoms with Crippen LogP contribution in [0.5, 0.6) is 0 Å². The van der Waals surface area contributed by atoms with Gasteiger partial charge < -0.3 is 5.11 Å². The molecule has 2 aromatic rings. The number of hydrogen-bond donors (Lipinski definition) is 1. The number of para-hydroxylation sites is 1. The van der Waals surface area contributed by atoms with Crippen LogP contribution in [0, 0.1) is 16.7 Å². The average molecular weight is 281 g/mol. The lowest BCUT2D eigenvalue weighted by molar-refractivity contribution is 0.0359. The molecule has 1 saturated carbocycles. The minimum Gasteiger partial charge on any atom is -0.387 e. The largest absolute Gasteiger partial charge is 0.387 e. The van der Waals surface area contributed by atoms with E-state index in [1.54, 1.807) is 10.9 Å². The van der Waals surface area contributed by atoms with E-state index >= 15 is 0 Å². The van der Waals surface area contributed by atoms with Gasteiger partial charge in [0.05, 0.1) is 23.4 Å². The van der Waals surface area contributed by atoms with E-state index in [0.717, 1.165) is 43.4 Å². The van der Waals surface area contributed by atoms with Crippen LogP contribution >= 0.6 is 0 Å². The van der Waals surface area contributed by atoms with Gasteiger partial charge in [0.25, 0.3) is 0 Å². The molecule has 1 N–H and O–H groups in total. The lowest BCUT2D eigenvalue weighted by Gasteiger charge is -2.34. The van der Waals surface area contributed by atoms with Gasteiger partial charge in [-0.2, -0.15) is 10.4 Å². The van der Waals surface area contributed by atoms with Crippen molar-refractivity contribution in [3.05, 3.63) is 48.3 Å². The summed E-state index contributed by atoms with van der Waals surface area (Å²) < 4.78 is 1.74. The Morgan fingerprint density at radius 1 is 1.19 bits per heavy atom. The number of benzene rings is 1. The van der Waals surface area contributed by atoms with Gasteiger partial charge >= 0.3 is 0 Å². The van der Waals surface area contributed by atoms with Gasteiger partial charge in [-0.1, -0.05) is 37.5 Å². The highest BCUT2D eigenvalue weighted by Crippen LogP contribution is 2.45. The quantitative estimate of drug-likeness (QED) is 0.938. The van der Waals surface area contributed by atoms with Crippen LogP contribution in [-0.4, -0.2) is 14.9 Å². The third-order valence-corrected chi connectivity index (χ3v) is 4.43. The number of aliphatic hydroxyl groups excluding tert-OH is 1. The third kappa shape index (κ3) is 2.57. The second-order valence-electron chi connectivity index (χ2n) is 5.78. The standard InChI is InChI=1S/C17H19N3O/c18-13-17(9-5-2-6-10-17)16(21)14-11-19-20(12-14)15-7-3-1-4-8-15/h1,3-4,7-8,11-12,16,21H,2,5-6,9-10H2. The molecule has 0 bridgehead atoms. The number of nitriles is 1. The second-order valence-corrected chi connectivity index (χ2v) is 5.78. The molecule has 4 nitrogen and oxygen atoms in total. The van der Waals surface area contributed by atoms with E-state index in [1.165, 1.54) is 0 Å². The van der Waals surface area contributed by atoms with E-state index in [4.69, 9.17) is 0 Å². The van der Waals surface area contributed by atoms with E-state index in [1.807, 2.05) is 36.5 Å². The molecule has 0 amide bonds. The van der Waals surface area contributed by atoms with Gasteiger partial charge in [-0.3, -0.25) is 0 Å². The Kier molecular flexibility index (Phi) is 3.76. The third-order valence-electron chi connectivity index (χ3n) is 4.43. The summed E-state index contributed by atoms with van der Waals surface area (Å²) in [5.41, 5.74) is 1.02. The molecule has 0 radical (unpaired) electrons. The zero-order valence-electron chi connectivity index (χ0n) is 11.9. The molecule has 4 heteroatoms. The highest BCUT2D eigenvalue weighted by molar-refractivity contribution is 5.32. The Morgan fingerprint density at radius 3 is 2.57 bits per heavy atom. The fraction of sp³-hybridized carbons (Fsp3) is 0.412. The van der Waals surface area contributed by atoms with Crippen molar-refractivity contribution in [1.29, 1.82) is 5.26 Å².